The average molecular weight is 218 g/mol. The third-order valence-electron chi connectivity index (χ3n) is 2.22. The second-order valence-electron chi connectivity index (χ2n) is 4.14. The monoisotopic (exact) mass is 218 g/mol. The summed E-state index contributed by atoms with van der Waals surface area (Å²) in [6.45, 7) is 6.43. The fourth-order valence-electron chi connectivity index (χ4n) is 1.73. The molecule has 1 rings (SSSR count). The van der Waals surface area contributed by atoms with E-state index in [4.69, 9.17) is 19.3 Å². The topological polar surface area (TPSA) is 65.0 Å². The van der Waals surface area contributed by atoms with Crippen molar-refractivity contribution in [2.75, 3.05) is 6.61 Å². The Morgan fingerprint density at radius 3 is 2.60 bits per heavy atom. The van der Waals surface area contributed by atoms with Crippen LogP contribution >= 0.6 is 0 Å². The molecule has 15 heavy (non-hydrogen) atoms. The molecule has 0 aromatic rings. The number of hydrogen-bond acceptors (Lipinski definition) is 5. The zero-order valence-electron chi connectivity index (χ0n) is 9.52. The van der Waals surface area contributed by atoms with E-state index >= 15 is 0 Å². The normalized spacial score (nSPS) is 31.3. The molecule has 0 aliphatic carbocycles. The third kappa shape index (κ3) is 3.15. The number of aliphatic hydroxyl groups is 1. The number of esters is 1. The van der Waals surface area contributed by atoms with Crippen LogP contribution in [0.15, 0.2) is 0 Å². The van der Waals surface area contributed by atoms with E-state index in [-0.39, 0.29) is 12.6 Å². The molecule has 3 atom stereocenters. The maximum absolute atomic E-state index is 10.8. The predicted molar refractivity (Wildman–Crippen MR) is 52.1 cm³/mol. The highest BCUT2D eigenvalue weighted by Gasteiger charge is 2.44. The second-order valence-corrected chi connectivity index (χ2v) is 4.14. The van der Waals surface area contributed by atoms with Crippen LogP contribution in [0.4, 0.5) is 0 Å². The molecule has 1 saturated heterocycles. The average Bonchev–Trinajstić information content (AvgIpc) is 2.40. The van der Waals surface area contributed by atoms with Crippen molar-refractivity contribution >= 4 is 5.97 Å². The summed E-state index contributed by atoms with van der Waals surface area (Å²) in [5.74, 6) is -1.11. The van der Waals surface area contributed by atoms with E-state index in [0.29, 0.717) is 0 Å². The number of carbonyl (C=O) groups is 1. The lowest BCUT2D eigenvalue weighted by molar-refractivity contribution is -0.168. The molecule has 0 saturated carbocycles. The lowest BCUT2D eigenvalue weighted by atomic mass is 10.1. The summed E-state index contributed by atoms with van der Waals surface area (Å²) >= 11 is 0. The van der Waals surface area contributed by atoms with Crippen molar-refractivity contribution in [3.05, 3.63) is 0 Å². The maximum Gasteiger partial charge on any atom is 0.302 e. The van der Waals surface area contributed by atoms with Crippen LogP contribution in [0.2, 0.25) is 0 Å². The van der Waals surface area contributed by atoms with Crippen molar-refractivity contribution in [2.24, 2.45) is 0 Å². The predicted octanol–water partition coefficient (Wildman–Crippen LogP) is 0.450. The van der Waals surface area contributed by atoms with Crippen molar-refractivity contribution < 1.29 is 24.1 Å². The molecule has 1 heterocycles. The van der Waals surface area contributed by atoms with Gasteiger partial charge in [-0.1, -0.05) is 0 Å². The van der Waals surface area contributed by atoms with Gasteiger partial charge in [0, 0.05) is 6.92 Å². The fourth-order valence-corrected chi connectivity index (χ4v) is 1.73. The Morgan fingerprint density at radius 1 is 1.53 bits per heavy atom. The minimum absolute atomic E-state index is 0.153. The summed E-state index contributed by atoms with van der Waals surface area (Å²) in [7, 11) is 0. The van der Waals surface area contributed by atoms with Crippen LogP contribution < -0.4 is 0 Å². The first-order chi connectivity index (χ1) is 6.85. The molecule has 5 heteroatoms. The minimum Gasteiger partial charge on any atom is -0.460 e. The van der Waals surface area contributed by atoms with Crippen LogP contribution in [-0.2, 0) is 19.0 Å². The molecule has 1 aliphatic rings. The maximum atomic E-state index is 10.8. The van der Waals surface area contributed by atoms with Crippen LogP contribution in [0.25, 0.3) is 0 Å². The van der Waals surface area contributed by atoms with E-state index in [1.165, 1.54) is 6.92 Å². The number of carbonyl (C=O) groups excluding carboxylic acids is 1. The Labute approximate surface area is 89.3 Å². The molecule has 0 spiro atoms. The number of rotatable bonds is 3. The third-order valence-corrected chi connectivity index (χ3v) is 2.22. The van der Waals surface area contributed by atoms with Crippen LogP contribution in [-0.4, -0.2) is 41.8 Å². The van der Waals surface area contributed by atoms with Gasteiger partial charge in [-0.2, -0.15) is 0 Å². The fraction of sp³-hybridized carbons (Fsp3) is 0.900. The van der Waals surface area contributed by atoms with Crippen LogP contribution in [0.3, 0.4) is 0 Å². The molecule has 0 amide bonds. The van der Waals surface area contributed by atoms with Crippen molar-refractivity contribution in [1.29, 1.82) is 0 Å². The first-order valence-electron chi connectivity index (χ1n) is 4.99. The van der Waals surface area contributed by atoms with E-state index in [1.807, 2.05) is 0 Å². The van der Waals surface area contributed by atoms with Gasteiger partial charge in [0.25, 0.3) is 0 Å². The van der Waals surface area contributed by atoms with Crippen molar-refractivity contribution in [2.45, 2.75) is 51.8 Å². The van der Waals surface area contributed by atoms with Gasteiger partial charge < -0.3 is 19.3 Å². The van der Waals surface area contributed by atoms with Crippen LogP contribution in [0.1, 0.15) is 27.7 Å². The van der Waals surface area contributed by atoms with Gasteiger partial charge in [0.05, 0.1) is 6.61 Å². The zero-order valence-corrected chi connectivity index (χ0v) is 9.52. The molecule has 1 fully saturated rings. The van der Waals surface area contributed by atoms with Crippen molar-refractivity contribution in [3.8, 4) is 0 Å². The Hall–Kier alpha value is -0.650. The molecule has 0 radical (unpaired) electrons. The molecular weight excluding hydrogens is 200 g/mol. The summed E-state index contributed by atoms with van der Waals surface area (Å²) in [4.78, 5) is 10.8. The molecule has 0 aromatic heterocycles. The lowest BCUT2D eigenvalue weighted by Gasteiger charge is -2.22. The van der Waals surface area contributed by atoms with E-state index in [2.05, 4.69) is 0 Å². The number of hydrogen-bond donors (Lipinski definition) is 1. The molecule has 88 valence electrons. The summed E-state index contributed by atoms with van der Waals surface area (Å²) < 4.78 is 16.0. The van der Waals surface area contributed by atoms with Crippen LogP contribution in [0, 0.1) is 0 Å². The summed E-state index contributed by atoms with van der Waals surface area (Å²) in [6.07, 6.45) is -1.30. The van der Waals surface area contributed by atoms with E-state index in [1.54, 1.807) is 20.8 Å². The molecule has 1 aliphatic heterocycles. The van der Waals surface area contributed by atoms with Gasteiger partial charge in [-0.05, 0) is 20.8 Å². The number of ether oxygens (including phenoxy) is 3. The van der Waals surface area contributed by atoms with E-state index in [9.17, 15) is 4.79 Å². The number of aliphatic hydroxyl groups excluding tert-OH is 1. The van der Waals surface area contributed by atoms with Gasteiger partial charge in [-0.25, -0.2) is 0 Å². The van der Waals surface area contributed by atoms with E-state index < -0.39 is 24.1 Å². The summed E-state index contributed by atoms with van der Waals surface area (Å²) in [5.41, 5.74) is 0. The highest BCUT2D eigenvalue weighted by atomic mass is 16.8. The second kappa shape index (κ2) is 4.47. The van der Waals surface area contributed by atoms with Gasteiger partial charge in [0.2, 0.25) is 0 Å². The minimum atomic E-state index is -0.744. The van der Waals surface area contributed by atoms with Crippen molar-refractivity contribution in [1.82, 2.24) is 0 Å². The molecule has 0 unspecified atom stereocenters. The quantitative estimate of drug-likeness (QED) is 0.697. The highest BCUT2D eigenvalue weighted by Crippen LogP contribution is 2.30. The molecule has 0 bridgehead atoms. The van der Waals surface area contributed by atoms with Gasteiger partial charge in [-0.15, -0.1) is 0 Å². The summed E-state index contributed by atoms with van der Waals surface area (Å²) in [5, 5.41) is 9.11. The van der Waals surface area contributed by atoms with Gasteiger partial charge in [0.15, 0.2) is 5.79 Å². The van der Waals surface area contributed by atoms with Gasteiger partial charge in [-0.3, -0.25) is 4.79 Å². The smallest absolute Gasteiger partial charge is 0.302 e. The van der Waals surface area contributed by atoms with Gasteiger partial charge in [0.1, 0.15) is 18.3 Å². The highest BCUT2D eigenvalue weighted by molar-refractivity contribution is 5.66. The largest absolute Gasteiger partial charge is 0.460 e. The van der Waals surface area contributed by atoms with Crippen LogP contribution in [0.5, 0.6) is 0 Å². The molecule has 0 aromatic carbocycles. The first-order valence-corrected chi connectivity index (χ1v) is 4.99. The Balaban J connectivity index is 2.63. The molecular formula is C10H18O5. The van der Waals surface area contributed by atoms with E-state index in [0.717, 1.165) is 0 Å². The van der Waals surface area contributed by atoms with Gasteiger partial charge >= 0.3 is 5.97 Å². The summed E-state index contributed by atoms with van der Waals surface area (Å²) in [6, 6.07) is 0. The van der Waals surface area contributed by atoms with Crippen molar-refractivity contribution in [3.63, 3.8) is 0 Å². The Morgan fingerprint density at radius 2 is 2.13 bits per heavy atom. The molecule has 5 nitrogen and oxygen atoms in total. The molecule has 1 N–H and O–H groups in total. The lowest BCUT2D eigenvalue weighted by Crippen LogP contribution is -2.38. The first kappa shape index (κ1) is 12.4. The standard InChI is InChI=1S/C10H18O5/c1-6(13-7(2)12)9-8(5-11)14-10(3,4)15-9/h6,8-9,11H,5H2,1-4H3/t6-,8-,9+/m0/s1. The zero-order chi connectivity index (χ0) is 11.6. The SMILES string of the molecule is CC(=O)O[C@@H](C)[C@H]1OC(C)(C)O[C@H]1CO. The Bertz CT molecular complexity index is 238. The Kier molecular flexibility index (Phi) is 3.70.